The zero-order valence-corrected chi connectivity index (χ0v) is 12.1. The average molecular weight is 334 g/mol. The van der Waals surface area contributed by atoms with Crippen molar-refractivity contribution in [1.82, 2.24) is 5.32 Å². The summed E-state index contributed by atoms with van der Waals surface area (Å²) in [6, 6.07) is -1.51. The SMILES string of the molecule is CSCC[C@H](NC(=O)[C@H](C)N)C(=O)O.O=C(O)C(F)(F)F. The highest BCUT2D eigenvalue weighted by Gasteiger charge is 2.38. The molecule has 0 aliphatic rings. The van der Waals surface area contributed by atoms with Gasteiger partial charge in [-0.15, -0.1) is 0 Å². The van der Waals surface area contributed by atoms with E-state index in [-0.39, 0.29) is 0 Å². The molecule has 11 heteroatoms. The molecule has 0 bridgehead atoms. The summed E-state index contributed by atoms with van der Waals surface area (Å²) in [4.78, 5) is 30.7. The van der Waals surface area contributed by atoms with Gasteiger partial charge in [0.1, 0.15) is 6.04 Å². The summed E-state index contributed by atoms with van der Waals surface area (Å²) in [5.74, 6) is -3.52. The van der Waals surface area contributed by atoms with E-state index >= 15 is 0 Å². The molecule has 5 N–H and O–H groups in total. The molecule has 0 heterocycles. The molecule has 0 spiro atoms. The maximum atomic E-state index is 11.1. The third kappa shape index (κ3) is 12.0. The lowest BCUT2D eigenvalue weighted by molar-refractivity contribution is -0.192. The first-order chi connectivity index (χ1) is 9.43. The van der Waals surface area contributed by atoms with E-state index in [2.05, 4.69) is 5.32 Å². The molecule has 0 aliphatic heterocycles. The van der Waals surface area contributed by atoms with Crippen molar-refractivity contribution in [3.05, 3.63) is 0 Å². The molecule has 0 aromatic rings. The first kappa shape index (κ1) is 21.8. The molecule has 0 saturated carbocycles. The molecule has 7 nitrogen and oxygen atoms in total. The van der Waals surface area contributed by atoms with Gasteiger partial charge in [-0.05, 0) is 25.4 Å². The molecule has 21 heavy (non-hydrogen) atoms. The Labute approximate surface area is 123 Å². The average Bonchev–Trinajstić information content (AvgIpc) is 2.33. The smallest absolute Gasteiger partial charge is 0.480 e. The van der Waals surface area contributed by atoms with Crippen molar-refractivity contribution >= 4 is 29.6 Å². The number of carboxylic acid groups (broad SMARTS) is 2. The first-order valence-electron chi connectivity index (χ1n) is 5.51. The number of carboxylic acids is 2. The van der Waals surface area contributed by atoms with E-state index in [0.29, 0.717) is 12.2 Å². The summed E-state index contributed by atoms with van der Waals surface area (Å²) < 4.78 is 31.7. The van der Waals surface area contributed by atoms with Crippen molar-refractivity contribution in [1.29, 1.82) is 0 Å². The zero-order chi connectivity index (χ0) is 17.2. The Balaban J connectivity index is 0. The maximum absolute atomic E-state index is 11.1. The predicted octanol–water partition coefficient (Wildman–Crippen LogP) is 0.289. The number of aliphatic carboxylic acids is 2. The summed E-state index contributed by atoms with van der Waals surface area (Å²) in [6.45, 7) is 1.52. The molecule has 0 fully saturated rings. The summed E-state index contributed by atoms with van der Waals surface area (Å²) in [7, 11) is 0. The van der Waals surface area contributed by atoms with Crippen molar-refractivity contribution in [2.24, 2.45) is 5.73 Å². The van der Waals surface area contributed by atoms with Crippen LogP contribution in [0.15, 0.2) is 0 Å². The largest absolute Gasteiger partial charge is 0.490 e. The number of rotatable bonds is 6. The van der Waals surface area contributed by atoms with Gasteiger partial charge in [-0.3, -0.25) is 4.79 Å². The van der Waals surface area contributed by atoms with Gasteiger partial charge in [-0.2, -0.15) is 24.9 Å². The van der Waals surface area contributed by atoms with E-state index in [1.54, 1.807) is 0 Å². The van der Waals surface area contributed by atoms with Gasteiger partial charge in [0.05, 0.1) is 6.04 Å². The lowest BCUT2D eigenvalue weighted by atomic mass is 10.2. The molecule has 0 aromatic heterocycles. The van der Waals surface area contributed by atoms with Crippen LogP contribution in [0.4, 0.5) is 13.2 Å². The van der Waals surface area contributed by atoms with E-state index in [9.17, 15) is 22.8 Å². The van der Waals surface area contributed by atoms with Crippen LogP contribution in [-0.2, 0) is 14.4 Å². The minimum atomic E-state index is -5.08. The predicted molar refractivity (Wildman–Crippen MR) is 69.9 cm³/mol. The van der Waals surface area contributed by atoms with Crippen LogP contribution in [0.2, 0.25) is 0 Å². The lowest BCUT2D eigenvalue weighted by Gasteiger charge is -2.15. The van der Waals surface area contributed by atoms with E-state index in [1.165, 1.54) is 18.7 Å². The molecule has 0 aromatic carbocycles. The number of carbonyl (C=O) groups excluding carboxylic acids is 1. The zero-order valence-electron chi connectivity index (χ0n) is 11.3. The Morgan fingerprint density at radius 1 is 1.29 bits per heavy atom. The number of hydrogen-bond donors (Lipinski definition) is 4. The maximum Gasteiger partial charge on any atom is 0.490 e. The Morgan fingerprint density at radius 3 is 1.95 bits per heavy atom. The number of halogens is 3. The number of thioether (sulfide) groups is 1. The first-order valence-corrected chi connectivity index (χ1v) is 6.90. The number of nitrogens with two attached hydrogens (primary N) is 1. The molecule has 1 amide bonds. The van der Waals surface area contributed by atoms with Crippen LogP contribution in [-0.4, -0.2) is 58.3 Å². The van der Waals surface area contributed by atoms with E-state index in [1.807, 2.05) is 6.26 Å². The van der Waals surface area contributed by atoms with Gasteiger partial charge in [-0.1, -0.05) is 0 Å². The summed E-state index contributed by atoms with van der Waals surface area (Å²) in [6.07, 6.45) is -2.79. The van der Waals surface area contributed by atoms with Gasteiger partial charge < -0.3 is 21.3 Å². The summed E-state index contributed by atoms with van der Waals surface area (Å²) in [5, 5.41) is 18.3. The fourth-order valence-electron chi connectivity index (χ4n) is 0.796. The Kier molecular flexibility index (Phi) is 10.7. The quantitative estimate of drug-likeness (QED) is 0.549. The monoisotopic (exact) mass is 334 g/mol. The molecular weight excluding hydrogens is 317 g/mol. The third-order valence-corrected chi connectivity index (χ3v) is 2.53. The van der Waals surface area contributed by atoms with Crippen LogP contribution in [0.25, 0.3) is 0 Å². The highest BCUT2D eigenvalue weighted by atomic mass is 32.2. The normalized spacial score (nSPS) is 13.4. The molecule has 0 saturated heterocycles. The van der Waals surface area contributed by atoms with E-state index in [0.717, 1.165) is 0 Å². The Hall–Kier alpha value is -1.49. The van der Waals surface area contributed by atoms with Gasteiger partial charge in [0, 0.05) is 0 Å². The van der Waals surface area contributed by atoms with Crippen molar-refractivity contribution < 1.29 is 37.8 Å². The topological polar surface area (TPSA) is 130 Å². The molecule has 0 rings (SSSR count). The Bertz CT molecular complexity index is 363. The van der Waals surface area contributed by atoms with Crippen LogP contribution in [0.1, 0.15) is 13.3 Å². The summed E-state index contributed by atoms with van der Waals surface area (Å²) >= 11 is 1.54. The number of hydrogen-bond acceptors (Lipinski definition) is 5. The van der Waals surface area contributed by atoms with Crippen LogP contribution < -0.4 is 11.1 Å². The number of carbonyl (C=O) groups is 3. The van der Waals surface area contributed by atoms with Gasteiger partial charge in [0.15, 0.2) is 0 Å². The molecule has 2 atom stereocenters. The second-order valence-corrected chi connectivity index (χ2v) is 4.76. The van der Waals surface area contributed by atoms with E-state index < -0.39 is 36.1 Å². The van der Waals surface area contributed by atoms with Crippen molar-refractivity contribution in [3.8, 4) is 0 Å². The van der Waals surface area contributed by atoms with Gasteiger partial charge in [0.2, 0.25) is 5.91 Å². The van der Waals surface area contributed by atoms with Crippen LogP contribution in [0.3, 0.4) is 0 Å². The minimum absolute atomic E-state index is 0.412. The van der Waals surface area contributed by atoms with Crippen molar-refractivity contribution in [3.63, 3.8) is 0 Å². The van der Waals surface area contributed by atoms with Crippen LogP contribution >= 0.6 is 11.8 Å². The fourth-order valence-corrected chi connectivity index (χ4v) is 1.27. The Morgan fingerprint density at radius 2 is 1.71 bits per heavy atom. The lowest BCUT2D eigenvalue weighted by Crippen LogP contribution is -2.47. The summed E-state index contributed by atoms with van der Waals surface area (Å²) in [5.41, 5.74) is 5.30. The standard InChI is InChI=1S/C8H16N2O3S.C2HF3O2/c1-5(9)7(11)10-6(8(12)13)3-4-14-2;3-2(4,5)1(6)7/h5-6H,3-4,9H2,1-2H3,(H,10,11)(H,12,13);(H,6,7)/t5-,6-;/m0./s1. The second kappa shape index (κ2) is 10.3. The van der Waals surface area contributed by atoms with Gasteiger partial charge in [0.25, 0.3) is 0 Å². The van der Waals surface area contributed by atoms with Gasteiger partial charge >= 0.3 is 18.1 Å². The van der Waals surface area contributed by atoms with Crippen molar-refractivity contribution in [2.75, 3.05) is 12.0 Å². The minimum Gasteiger partial charge on any atom is -0.480 e. The number of amides is 1. The van der Waals surface area contributed by atoms with Crippen LogP contribution in [0, 0.1) is 0 Å². The van der Waals surface area contributed by atoms with Crippen molar-refractivity contribution in [2.45, 2.75) is 31.6 Å². The highest BCUT2D eigenvalue weighted by Crippen LogP contribution is 2.13. The second-order valence-electron chi connectivity index (χ2n) is 3.77. The number of nitrogens with one attached hydrogen (secondary N) is 1. The molecule has 0 unspecified atom stereocenters. The molecule has 0 aliphatic carbocycles. The number of alkyl halides is 3. The highest BCUT2D eigenvalue weighted by molar-refractivity contribution is 7.98. The van der Waals surface area contributed by atoms with Gasteiger partial charge in [-0.25, -0.2) is 9.59 Å². The van der Waals surface area contributed by atoms with E-state index in [4.69, 9.17) is 20.7 Å². The van der Waals surface area contributed by atoms with Crippen LogP contribution in [0.5, 0.6) is 0 Å². The molecule has 124 valence electrons. The molecular formula is C10H17F3N2O5S. The molecule has 0 radical (unpaired) electrons. The third-order valence-electron chi connectivity index (χ3n) is 1.88. The fraction of sp³-hybridized carbons (Fsp3) is 0.700.